The van der Waals surface area contributed by atoms with Crippen LogP contribution in [0.15, 0.2) is 42.6 Å². The van der Waals surface area contributed by atoms with Gasteiger partial charge in [-0.05, 0) is 37.1 Å². The van der Waals surface area contributed by atoms with Crippen LogP contribution in [0, 0.1) is 6.92 Å². The first-order valence-corrected chi connectivity index (χ1v) is 7.51. The number of para-hydroxylation sites is 1. The van der Waals surface area contributed by atoms with Crippen LogP contribution < -0.4 is 5.32 Å². The second-order valence-electron chi connectivity index (χ2n) is 5.09. The first-order chi connectivity index (χ1) is 10.6. The van der Waals surface area contributed by atoms with Crippen molar-refractivity contribution >= 4 is 28.8 Å². The summed E-state index contributed by atoms with van der Waals surface area (Å²) >= 11 is 6.03. The molecular formula is C17H16ClN3O. The molecule has 0 saturated carbocycles. The quantitative estimate of drug-likeness (QED) is 0.791. The minimum absolute atomic E-state index is 0.187. The van der Waals surface area contributed by atoms with Gasteiger partial charge in [0.05, 0.1) is 10.7 Å². The number of imidazole rings is 1. The molecule has 112 valence electrons. The summed E-state index contributed by atoms with van der Waals surface area (Å²) in [6.07, 6.45) is 2.56. The highest BCUT2D eigenvalue weighted by Crippen LogP contribution is 2.20. The number of hydrogen-bond donors (Lipinski definition) is 1. The second kappa shape index (κ2) is 5.81. The third kappa shape index (κ3) is 2.57. The zero-order valence-electron chi connectivity index (χ0n) is 12.4. The maximum Gasteiger partial charge on any atom is 0.274 e. The van der Waals surface area contributed by atoms with Gasteiger partial charge in [0.2, 0.25) is 0 Å². The van der Waals surface area contributed by atoms with Gasteiger partial charge in [0, 0.05) is 11.9 Å². The average Bonchev–Trinajstić information content (AvgIpc) is 2.83. The molecule has 3 rings (SSSR count). The fourth-order valence-electron chi connectivity index (χ4n) is 2.54. The van der Waals surface area contributed by atoms with Gasteiger partial charge in [-0.25, -0.2) is 4.98 Å². The van der Waals surface area contributed by atoms with Crippen molar-refractivity contribution in [3.63, 3.8) is 0 Å². The van der Waals surface area contributed by atoms with Crippen molar-refractivity contribution in [1.82, 2.24) is 9.38 Å². The summed E-state index contributed by atoms with van der Waals surface area (Å²) in [5, 5.41) is 3.54. The number of benzene rings is 1. The van der Waals surface area contributed by atoms with Crippen molar-refractivity contribution in [1.29, 1.82) is 0 Å². The lowest BCUT2D eigenvalue weighted by molar-refractivity contribution is 0.102. The van der Waals surface area contributed by atoms with E-state index in [-0.39, 0.29) is 5.91 Å². The molecule has 0 fully saturated rings. The molecule has 3 aromatic rings. The largest absolute Gasteiger partial charge is 0.320 e. The Kier molecular flexibility index (Phi) is 3.86. The summed E-state index contributed by atoms with van der Waals surface area (Å²) in [5.74, 6) is -0.187. The standard InChI is InChI=1S/C17H16ClN3O/c1-3-12-6-4-5-7-14(12)20-17(22)16-11(2)19-15-9-8-13(18)10-21(15)16/h4-10H,3H2,1-2H3,(H,20,22). The fraction of sp³-hybridized carbons (Fsp3) is 0.176. The van der Waals surface area contributed by atoms with E-state index < -0.39 is 0 Å². The van der Waals surface area contributed by atoms with Crippen LogP contribution in [0.4, 0.5) is 5.69 Å². The third-order valence-corrected chi connectivity index (χ3v) is 3.84. The Morgan fingerprint density at radius 3 is 2.82 bits per heavy atom. The topological polar surface area (TPSA) is 46.4 Å². The number of carbonyl (C=O) groups excluding carboxylic acids is 1. The molecule has 0 aliphatic carbocycles. The molecule has 0 unspecified atom stereocenters. The Balaban J connectivity index is 2.02. The number of aromatic nitrogens is 2. The average molecular weight is 314 g/mol. The summed E-state index contributed by atoms with van der Waals surface area (Å²) < 4.78 is 1.72. The van der Waals surface area contributed by atoms with Gasteiger partial charge in [0.1, 0.15) is 11.3 Å². The smallest absolute Gasteiger partial charge is 0.274 e. The molecule has 0 atom stereocenters. The summed E-state index contributed by atoms with van der Waals surface area (Å²) in [7, 11) is 0. The minimum atomic E-state index is -0.187. The van der Waals surface area contributed by atoms with E-state index in [1.807, 2.05) is 31.2 Å². The van der Waals surface area contributed by atoms with E-state index in [1.54, 1.807) is 22.7 Å². The molecule has 22 heavy (non-hydrogen) atoms. The fourth-order valence-corrected chi connectivity index (χ4v) is 2.70. The van der Waals surface area contributed by atoms with Gasteiger partial charge in [0.15, 0.2) is 0 Å². The second-order valence-corrected chi connectivity index (χ2v) is 5.52. The Hall–Kier alpha value is -2.33. The van der Waals surface area contributed by atoms with Gasteiger partial charge in [-0.15, -0.1) is 0 Å². The van der Waals surface area contributed by atoms with Crippen molar-refractivity contribution in [3.05, 3.63) is 64.6 Å². The van der Waals surface area contributed by atoms with Gasteiger partial charge >= 0.3 is 0 Å². The highest BCUT2D eigenvalue weighted by molar-refractivity contribution is 6.30. The van der Waals surface area contributed by atoms with Crippen LogP contribution in [0.3, 0.4) is 0 Å². The van der Waals surface area contributed by atoms with Crippen molar-refractivity contribution in [3.8, 4) is 0 Å². The molecule has 1 N–H and O–H groups in total. The Morgan fingerprint density at radius 1 is 1.27 bits per heavy atom. The molecule has 0 radical (unpaired) electrons. The molecule has 0 aliphatic heterocycles. The maximum absolute atomic E-state index is 12.7. The molecule has 2 aromatic heterocycles. The molecule has 2 heterocycles. The zero-order chi connectivity index (χ0) is 15.7. The number of aryl methyl sites for hydroxylation is 2. The van der Waals surface area contributed by atoms with Crippen LogP contribution in [0.25, 0.3) is 5.65 Å². The van der Waals surface area contributed by atoms with Crippen LogP contribution in [0.1, 0.15) is 28.7 Å². The van der Waals surface area contributed by atoms with Crippen LogP contribution in [0.5, 0.6) is 0 Å². The minimum Gasteiger partial charge on any atom is -0.320 e. The van der Waals surface area contributed by atoms with E-state index >= 15 is 0 Å². The van der Waals surface area contributed by atoms with Crippen molar-refractivity contribution in [2.45, 2.75) is 20.3 Å². The molecule has 0 bridgehead atoms. The van der Waals surface area contributed by atoms with Crippen LogP contribution in [0.2, 0.25) is 5.02 Å². The molecule has 1 aromatic carbocycles. The Labute approximate surface area is 133 Å². The van der Waals surface area contributed by atoms with Gasteiger partial charge < -0.3 is 5.32 Å². The predicted molar refractivity (Wildman–Crippen MR) is 88.7 cm³/mol. The van der Waals surface area contributed by atoms with Gasteiger partial charge in [-0.2, -0.15) is 0 Å². The molecule has 0 spiro atoms. The number of amides is 1. The SMILES string of the molecule is CCc1ccccc1NC(=O)c1c(C)nc2ccc(Cl)cn12. The Morgan fingerprint density at radius 2 is 2.05 bits per heavy atom. The number of pyridine rings is 1. The molecule has 5 heteroatoms. The zero-order valence-corrected chi connectivity index (χ0v) is 13.2. The van der Waals surface area contributed by atoms with Crippen molar-refractivity contribution in [2.24, 2.45) is 0 Å². The molecule has 1 amide bonds. The molecule has 0 aliphatic rings. The third-order valence-electron chi connectivity index (χ3n) is 3.62. The molecular weight excluding hydrogens is 298 g/mol. The van der Waals surface area contributed by atoms with E-state index in [0.717, 1.165) is 17.7 Å². The first kappa shape index (κ1) is 14.6. The monoisotopic (exact) mass is 313 g/mol. The number of rotatable bonds is 3. The van der Waals surface area contributed by atoms with Gasteiger partial charge in [0.25, 0.3) is 5.91 Å². The number of hydrogen-bond acceptors (Lipinski definition) is 2. The predicted octanol–water partition coefficient (Wildman–Crippen LogP) is 4.11. The number of anilines is 1. The van der Waals surface area contributed by atoms with Gasteiger partial charge in [-0.1, -0.05) is 36.7 Å². The summed E-state index contributed by atoms with van der Waals surface area (Å²) in [4.78, 5) is 17.1. The first-order valence-electron chi connectivity index (χ1n) is 7.13. The van der Waals surface area contributed by atoms with Crippen LogP contribution >= 0.6 is 11.6 Å². The van der Waals surface area contributed by atoms with E-state index in [1.165, 1.54) is 0 Å². The summed E-state index contributed by atoms with van der Waals surface area (Å²) in [6.45, 7) is 3.88. The highest BCUT2D eigenvalue weighted by atomic mass is 35.5. The summed E-state index contributed by atoms with van der Waals surface area (Å²) in [6, 6.07) is 11.3. The number of nitrogens with zero attached hydrogens (tertiary/aromatic N) is 2. The van der Waals surface area contributed by atoms with E-state index in [0.29, 0.717) is 22.1 Å². The van der Waals surface area contributed by atoms with Crippen LogP contribution in [-0.2, 0) is 6.42 Å². The maximum atomic E-state index is 12.7. The number of fused-ring (bicyclic) bond motifs is 1. The van der Waals surface area contributed by atoms with Crippen LogP contribution in [-0.4, -0.2) is 15.3 Å². The lowest BCUT2D eigenvalue weighted by atomic mass is 10.1. The number of nitrogens with one attached hydrogen (secondary N) is 1. The van der Waals surface area contributed by atoms with Crippen molar-refractivity contribution in [2.75, 3.05) is 5.32 Å². The van der Waals surface area contributed by atoms with Crippen molar-refractivity contribution < 1.29 is 4.79 Å². The van der Waals surface area contributed by atoms with E-state index in [4.69, 9.17) is 11.6 Å². The lowest BCUT2D eigenvalue weighted by Gasteiger charge is -2.10. The lowest BCUT2D eigenvalue weighted by Crippen LogP contribution is -2.16. The highest BCUT2D eigenvalue weighted by Gasteiger charge is 2.17. The normalized spacial score (nSPS) is 10.9. The summed E-state index contributed by atoms with van der Waals surface area (Å²) in [5.41, 5.74) is 3.81. The van der Waals surface area contributed by atoms with Gasteiger partial charge in [-0.3, -0.25) is 9.20 Å². The molecule has 4 nitrogen and oxygen atoms in total. The van der Waals surface area contributed by atoms with E-state index in [9.17, 15) is 4.79 Å². The Bertz CT molecular complexity index is 854. The van der Waals surface area contributed by atoms with E-state index in [2.05, 4.69) is 17.2 Å². The number of halogens is 1. The molecule has 0 saturated heterocycles. The number of carbonyl (C=O) groups is 1.